The first-order valence-electron chi connectivity index (χ1n) is 15.4. The van der Waals surface area contributed by atoms with Gasteiger partial charge in [0.1, 0.15) is 22.8 Å². The third kappa shape index (κ3) is 5.03. The molecule has 0 spiro atoms. The molecule has 5 aliphatic rings. The maximum Gasteiger partial charge on any atom is 0.417 e. The molecule has 6 rings (SSSR count). The quantitative estimate of drug-likeness (QED) is 0.271. The fraction of sp³-hybridized carbons (Fsp3) is 0.594. The molecule has 13 heteroatoms. The summed E-state index contributed by atoms with van der Waals surface area (Å²) in [6, 6.07) is -0.266. The van der Waals surface area contributed by atoms with E-state index in [1.54, 1.807) is 0 Å². The number of aliphatic hydroxyl groups excluding tert-OH is 2. The van der Waals surface area contributed by atoms with Gasteiger partial charge < -0.3 is 26.2 Å². The summed E-state index contributed by atoms with van der Waals surface area (Å²) in [6.45, 7) is 1.25. The van der Waals surface area contributed by atoms with Crippen molar-refractivity contribution in [2.24, 2.45) is 29.4 Å². The number of aliphatic hydroxyl groups is 3. The number of allylic oxidation sites excluding steroid dienone is 1. The van der Waals surface area contributed by atoms with Crippen molar-refractivity contribution < 1.29 is 48.0 Å². The van der Waals surface area contributed by atoms with Crippen LogP contribution in [0.5, 0.6) is 5.75 Å². The molecule has 0 radical (unpaired) electrons. The van der Waals surface area contributed by atoms with E-state index in [1.165, 1.54) is 19.0 Å². The Morgan fingerprint density at radius 3 is 2.20 bits per heavy atom. The molecule has 0 bridgehead atoms. The Bertz CT molecular complexity index is 1540. The van der Waals surface area contributed by atoms with Crippen LogP contribution in [0.1, 0.15) is 65.6 Å². The van der Waals surface area contributed by atoms with Crippen molar-refractivity contribution in [3.63, 3.8) is 0 Å². The first-order valence-corrected chi connectivity index (χ1v) is 15.4. The van der Waals surface area contributed by atoms with Gasteiger partial charge >= 0.3 is 6.18 Å². The van der Waals surface area contributed by atoms with Crippen LogP contribution in [0.2, 0.25) is 0 Å². The largest absolute Gasteiger partial charge is 0.510 e. The lowest BCUT2D eigenvalue weighted by molar-refractivity contribution is -0.148. The molecule has 45 heavy (non-hydrogen) atoms. The normalized spacial score (nSPS) is 28.8. The first kappa shape index (κ1) is 31.6. The maximum atomic E-state index is 14.9. The number of amides is 1. The molecule has 0 aromatic heterocycles. The Kier molecular flexibility index (Phi) is 7.60. The summed E-state index contributed by atoms with van der Waals surface area (Å²) in [5.41, 5.74) is -1.14. The van der Waals surface area contributed by atoms with Gasteiger partial charge in [0.2, 0.25) is 5.78 Å². The topological polar surface area (TPSA) is 165 Å². The molecule has 1 aromatic carbocycles. The van der Waals surface area contributed by atoms with Gasteiger partial charge in [0.05, 0.1) is 17.2 Å². The highest BCUT2D eigenvalue weighted by Gasteiger charge is 2.63. The van der Waals surface area contributed by atoms with Gasteiger partial charge in [-0.15, -0.1) is 0 Å². The van der Waals surface area contributed by atoms with Crippen molar-refractivity contribution in [3.8, 4) is 5.75 Å². The smallest absolute Gasteiger partial charge is 0.417 e. The summed E-state index contributed by atoms with van der Waals surface area (Å²) in [5, 5.41) is 45.1. The number of halogens is 3. The van der Waals surface area contributed by atoms with E-state index in [1.807, 2.05) is 4.90 Å². The van der Waals surface area contributed by atoms with E-state index < -0.39 is 98.7 Å². The van der Waals surface area contributed by atoms with E-state index >= 15 is 0 Å². The number of primary amides is 1. The van der Waals surface area contributed by atoms with Crippen LogP contribution in [0.15, 0.2) is 28.7 Å². The van der Waals surface area contributed by atoms with Gasteiger partial charge in [0, 0.05) is 31.1 Å². The molecule has 6 N–H and O–H groups in total. The average molecular weight is 634 g/mol. The number of alkyl halides is 3. The number of nitrogens with zero attached hydrogens (tertiary/aromatic N) is 2. The van der Waals surface area contributed by atoms with Crippen LogP contribution in [-0.4, -0.2) is 86.5 Å². The highest BCUT2D eigenvalue weighted by molar-refractivity contribution is 6.24. The second kappa shape index (κ2) is 10.8. The molecule has 0 saturated heterocycles. The fourth-order valence-corrected chi connectivity index (χ4v) is 8.02. The van der Waals surface area contributed by atoms with Crippen molar-refractivity contribution in [1.82, 2.24) is 9.80 Å². The van der Waals surface area contributed by atoms with Gasteiger partial charge in [0.15, 0.2) is 11.4 Å². The zero-order valence-corrected chi connectivity index (χ0v) is 25.2. The monoisotopic (exact) mass is 633 g/mol. The third-order valence-electron chi connectivity index (χ3n) is 10.4. The molecule has 0 aliphatic heterocycles. The van der Waals surface area contributed by atoms with Crippen LogP contribution in [0.4, 0.5) is 13.2 Å². The maximum absolute atomic E-state index is 14.9. The van der Waals surface area contributed by atoms with Crippen molar-refractivity contribution in [3.05, 3.63) is 51.0 Å². The minimum absolute atomic E-state index is 0.0520. The summed E-state index contributed by atoms with van der Waals surface area (Å²) < 4.78 is 44.8. The van der Waals surface area contributed by atoms with Crippen LogP contribution >= 0.6 is 0 Å². The lowest BCUT2D eigenvalue weighted by Gasteiger charge is -2.50. The molecule has 2 fully saturated rings. The lowest BCUT2D eigenvalue weighted by Crippen LogP contribution is -2.63. The number of hydrogen-bond acceptors (Lipinski definition) is 9. The second-order valence-electron chi connectivity index (χ2n) is 13.7. The van der Waals surface area contributed by atoms with E-state index in [0.29, 0.717) is 24.9 Å². The van der Waals surface area contributed by atoms with E-state index in [9.17, 15) is 48.0 Å². The van der Waals surface area contributed by atoms with Crippen LogP contribution in [0, 0.1) is 23.7 Å². The van der Waals surface area contributed by atoms with Crippen molar-refractivity contribution >= 4 is 17.5 Å². The van der Waals surface area contributed by atoms with E-state index in [4.69, 9.17) is 5.73 Å². The van der Waals surface area contributed by atoms with Crippen LogP contribution in [0.3, 0.4) is 0 Å². The zero-order valence-electron chi connectivity index (χ0n) is 25.2. The minimum Gasteiger partial charge on any atom is -0.510 e. The third-order valence-corrected chi connectivity index (χ3v) is 10.4. The number of fused-ring (bicyclic) bond motifs is 3. The summed E-state index contributed by atoms with van der Waals surface area (Å²) in [5.74, 6) is -8.04. The standard InChI is InChI=1S/C32H38F3N3O7/c1-37(2)25-19-9-16-8-18-22(26(40)21(16)28(42)31(19,45)29(43)23(27(25)41)30(36)44)20(39)10-17(24(18)32(33,34)35)13-38(12-15-6-7-15)11-14-4-3-5-14/h10,14-16,19,25,39,41-42,45H,3-9,11-13H2,1-2H3,(H2,36,44)/t16-,19-,25-,31-/m0/s1. The second-order valence-corrected chi connectivity index (χ2v) is 13.7. The predicted octanol–water partition coefficient (Wildman–Crippen LogP) is 3.15. The minimum atomic E-state index is -4.88. The number of rotatable bonds is 8. The molecule has 1 aromatic rings. The van der Waals surface area contributed by atoms with Crippen molar-refractivity contribution in [2.45, 2.75) is 69.3 Å². The van der Waals surface area contributed by atoms with Gasteiger partial charge in [0.25, 0.3) is 5.91 Å². The van der Waals surface area contributed by atoms with Gasteiger partial charge in [-0.05, 0) is 87.6 Å². The predicted molar refractivity (Wildman–Crippen MR) is 154 cm³/mol. The van der Waals surface area contributed by atoms with Crippen LogP contribution < -0.4 is 5.73 Å². The number of likely N-dealkylation sites (N-methyl/N-ethyl adjacent to an activating group) is 1. The van der Waals surface area contributed by atoms with Crippen molar-refractivity contribution in [2.75, 3.05) is 27.2 Å². The Morgan fingerprint density at radius 2 is 1.69 bits per heavy atom. The van der Waals surface area contributed by atoms with E-state index in [2.05, 4.69) is 0 Å². The Labute approximate surface area is 258 Å². The van der Waals surface area contributed by atoms with Gasteiger partial charge in [-0.3, -0.25) is 24.2 Å². The number of carbonyl (C=O) groups excluding carboxylic acids is 3. The average Bonchev–Trinajstić information content (AvgIpc) is 3.71. The number of Topliss-reactive ketones (excluding diaryl/α,β-unsaturated/α-hetero) is 2. The summed E-state index contributed by atoms with van der Waals surface area (Å²) >= 11 is 0. The number of hydrogen-bond donors (Lipinski definition) is 5. The highest BCUT2D eigenvalue weighted by atomic mass is 19.4. The molecule has 244 valence electrons. The molecule has 5 aliphatic carbocycles. The molecule has 2 saturated carbocycles. The Morgan fingerprint density at radius 1 is 1.07 bits per heavy atom. The van der Waals surface area contributed by atoms with Gasteiger partial charge in [-0.2, -0.15) is 13.2 Å². The summed E-state index contributed by atoms with van der Waals surface area (Å²) in [7, 11) is 2.97. The molecular weight excluding hydrogens is 595 g/mol. The molecule has 1 amide bonds. The highest BCUT2D eigenvalue weighted by Crippen LogP contribution is 2.54. The SMILES string of the molecule is CN(C)[C@@H]1C(O)=C(C(N)=O)C(=O)[C@@]2(O)C(O)=C3C(=O)c4c(O)cc(CN(CC5CCC5)CC5CC5)c(C(F)(F)F)c4C[C@H]3C[C@@H]12. The molecule has 4 atom stereocenters. The molecular formula is C32H38F3N3O7. The van der Waals surface area contributed by atoms with E-state index in [0.717, 1.165) is 38.2 Å². The molecule has 0 unspecified atom stereocenters. The van der Waals surface area contributed by atoms with Crippen LogP contribution in [-0.2, 0) is 28.7 Å². The Balaban J connectivity index is 1.47. The first-order chi connectivity index (χ1) is 21.0. The number of phenols is 1. The van der Waals surface area contributed by atoms with E-state index in [-0.39, 0.29) is 18.5 Å². The number of nitrogens with two attached hydrogens (primary N) is 1. The number of phenolic OH excluding ortho intramolecular Hbond substituents is 1. The Hall–Kier alpha value is -3.42. The summed E-state index contributed by atoms with van der Waals surface area (Å²) in [4.78, 5) is 42.9. The molecule has 0 heterocycles. The summed E-state index contributed by atoms with van der Waals surface area (Å²) in [6.07, 6.45) is -0.409. The van der Waals surface area contributed by atoms with Crippen molar-refractivity contribution in [1.29, 1.82) is 0 Å². The number of ketones is 2. The van der Waals surface area contributed by atoms with Gasteiger partial charge in [-0.25, -0.2) is 0 Å². The van der Waals surface area contributed by atoms with Crippen LogP contribution in [0.25, 0.3) is 0 Å². The zero-order chi connectivity index (χ0) is 32.7. The number of benzene rings is 1. The fourth-order valence-electron chi connectivity index (χ4n) is 8.02. The molecule has 10 nitrogen and oxygen atoms in total. The number of aromatic hydroxyl groups is 1. The number of carbonyl (C=O) groups is 3. The van der Waals surface area contributed by atoms with Gasteiger partial charge in [-0.1, -0.05) is 6.42 Å². The lowest BCUT2D eigenvalue weighted by atomic mass is 9.58.